The molecule has 4 rings (SSSR count). The zero-order valence-corrected chi connectivity index (χ0v) is 12.6. The number of anilines is 1. The molecule has 110 valence electrons. The van der Waals surface area contributed by atoms with Gasteiger partial charge in [-0.15, -0.1) is 0 Å². The Morgan fingerprint density at radius 2 is 2.05 bits per heavy atom. The molecule has 3 heteroatoms. The van der Waals surface area contributed by atoms with Crippen molar-refractivity contribution >= 4 is 5.69 Å². The molecule has 2 aromatic rings. The predicted octanol–water partition coefficient (Wildman–Crippen LogP) is 3.02. The van der Waals surface area contributed by atoms with Crippen LogP contribution < -0.4 is 10.2 Å². The van der Waals surface area contributed by atoms with Crippen molar-refractivity contribution in [3.05, 3.63) is 41.3 Å². The van der Waals surface area contributed by atoms with E-state index in [1.54, 1.807) is 6.26 Å². The van der Waals surface area contributed by atoms with Gasteiger partial charge in [0, 0.05) is 30.4 Å². The van der Waals surface area contributed by atoms with Gasteiger partial charge in [-0.05, 0) is 61.5 Å². The Bertz CT molecular complexity index is 646. The highest BCUT2D eigenvalue weighted by Crippen LogP contribution is 2.42. The fourth-order valence-corrected chi connectivity index (χ4v) is 3.86. The van der Waals surface area contributed by atoms with Crippen LogP contribution in [0.15, 0.2) is 29.1 Å². The standard InChI is InChI=1S/C18H22N2O/c1-20-9-2-3-14-11-13-4-7-19-8-5-16(13)17(18(14)20)15-6-10-21-12-15/h6,10-12,19H,2-5,7-9H2,1H3. The first-order valence-electron chi connectivity index (χ1n) is 7.96. The minimum atomic E-state index is 1.07. The van der Waals surface area contributed by atoms with Crippen LogP contribution in [-0.4, -0.2) is 26.7 Å². The lowest BCUT2D eigenvalue weighted by Gasteiger charge is -2.32. The number of nitrogens with one attached hydrogen (secondary N) is 1. The van der Waals surface area contributed by atoms with E-state index in [1.165, 1.54) is 46.3 Å². The lowest BCUT2D eigenvalue weighted by atomic mass is 9.86. The van der Waals surface area contributed by atoms with Gasteiger partial charge in [-0.1, -0.05) is 6.07 Å². The Morgan fingerprint density at radius 3 is 2.90 bits per heavy atom. The summed E-state index contributed by atoms with van der Waals surface area (Å²) in [6, 6.07) is 4.58. The summed E-state index contributed by atoms with van der Waals surface area (Å²) in [5, 5.41) is 3.53. The van der Waals surface area contributed by atoms with Crippen LogP contribution in [0.4, 0.5) is 5.69 Å². The van der Waals surface area contributed by atoms with Gasteiger partial charge >= 0.3 is 0 Å². The Hall–Kier alpha value is -1.74. The minimum Gasteiger partial charge on any atom is -0.472 e. The van der Waals surface area contributed by atoms with E-state index in [2.05, 4.69) is 29.4 Å². The number of benzene rings is 1. The SMILES string of the molecule is CN1CCCc2cc3c(c(-c4ccoc4)c21)CCNCC3. The van der Waals surface area contributed by atoms with Crippen molar-refractivity contribution in [1.82, 2.24) is 5.32 Å². The summed E-state index contributed by atoms with van der Waals surface area (Å²) >= 11 is 0. The summed E-state index contributed by atoms with van der Waals surface area (Å²) in [5.41, 5.74) is 8.66. The minimum absolute atomic E-state index is 1.07. The van der Waals surface area contributed by atoms with Gasteiger partial charge in [0.2, 0.25) is 0 Å². The second-order valence-electron chi connectivity index (χ2n) is 6.18. The van der Waals surface area contributed by atoms with Gasteiger partial charge in [0.05, 0.1) is 12.5 Å². The quantitative estimate of drug-likeness (QED) is 0.871. The maximum atomic E-state index is 5.38. The third kappa shape index (κ3) is 2.16. The summed E-state index contributed by atoms with van der Waals surface area (Å²) < 4.78 is 5.38. The normalized spacial score (nSPS) is 18.0. The molecule has 2 aliphatic rings. The van der Waals surface area contributed by atoms with Gasteiger partial charge in [-0.3, -0.25) is 0 Å². The van der Waals surface area contributed by atoms with E-state index in [4.69, 9.17) is 4.42 Å². The zero-order valence-electron chi connectivity index (χ0n) is 12.6. The maximum Gasteiger partial charge on any atom is 0.0981 e. The summed E-state index contributed by atoms with van der Waals surface area (Å²) in [6.07, 6.45) is 8.39. The van der Waals surface area contributed by atoms with E-state index in [0.717, 1.165) is 32.5 Å². The molecule has 3 heterocycles. The summed E-state index contributed by atoms with van der Waals surface area (Å²) in [6.45, 7) is 3.31. The first-order valence-corrected chi connectivity index (χ1v) is 7.96. The molecule has 0 saturated carbocycles. The van der Waals surface area contributed by atoms with Crippen molar-refractivity contribution in [3.8, 4) is 11.1 Å². The van der Waals surface area contributed by atoms with Crippen molar-refractivity contribution in [2.45, 2.75) is 25.7 Å². The lowest BCUT2D eigenvalue weighted by Crippen LogP contribution is -2.26. The maximum absolute atomic E-state index is 5.38. The highest BCUT2D eigenvalue weighted by atomic mass is 16.3. The van der Waals surface area contributed by atoms with Crippen LogP contribution in [0, 0.1) is 0 Å². The first kappa shape index (κ1) is 13.0. The molecule has 1 N–H and O–H groups in total. The van der Waals surface area contributed by atoms with Crippen molar-refractivity contribution in [2.75, 3.05) is 31.6 Å². The molecule has 0 unspecified atom stereocenters. The third-order valence-electron chi connectivity index (χ3n) is 4.83. The molecule has 21 heavy (non-hydrogen) atoms. The van der Waals surface area contributed by atoms with Gasteiger partial charge in [0.15, 0.2) is 0 Å². The molecule has 3 nitrogen and oxygen atoms in total. The molecule has 0 fully saturated rings. The van der Waals surface area contributed by atoms with Crippen LogP contribution in [-0.2, 0) is 19.3 Å². The van der Waals surface area contributed by atoms with E-state index in [1.807, 2.05) is 6.26 Å². The smallest absolute Gasteiger partial charge is 0.0981 e. The summed E-state index contributed by atoms with van der Waals surface area (Å²) in [7, 11) is 2.23. The molecule has 1 aromatic heterocycles. The van der Waals surface area contributed by atoms with Crippen LogP contribution in [0.2, 0.25) is 0 Å². The Balaban J connectivity index is 2.00. The molecule has 0 spiro atoms. The Morgan fingerprint density at radius 1 is 1.14 bits per heavy atom. The number of fused-ring (bicyclic) bond motifs is 2. The number of rotatable bonds is 1. The molecule has 2 aliphatic heterocycles. The average molecular weight is 282 g/mol. The molecule has 0 atom stereocenters. The second kappa shape index (κ2) is 5.23. The van der Waals surface area contributed by atoms with Gasteiger partial charge in [-0.25, -0.2) is 0 Å². The number of hydrogen-bond donors (Lipinski definition) is 1. The fourth-order valence-electron chi connectivity index (χ4n) is 3.86. The molecule has 0 saturated heterocycles. The summed E-state index contributed by atoms with van der Waals surface area (Å²) in [4.78, 5) is 2.43. The van der Waals surface area contributed by atoms with Crippen LogP contribution in [0.3, 0.4) is 0 Å². The molecule has 0 amide bonds. The van der Waals surface area contributed by atoms with Gasteiger partial charge in [0.1, 0.15) is 0 Å². The number of aryl methyl sites for hydroxylation is 1. The molecule has 0 bridgehead atoms. The first-order chi connectivity index (χ1) is 10.3. The van der Waals surface area contributed by atoms with Crippen LogP contribution in [0.5, 0.6) is 0 Å². The average Bonchev–Trinajstić information content (AvgIpc) is 2.91. The highest BCUT2D eigenvalue weighted by Gasteiger charge is 2.25. The molecular weight excluding hydrogens is 260 g/mol. The number of hydrogen-bond acceptors (Lipinski definition) is 3. The molecule has 0 radical (unpaired) electrons. The summed E-state index contributed by atoms with van der Waals surface area (Å²) in [5.74, 6) is 0. The third-order valence-corrected chi connectivity index (χ3v) is 4.83. The Labute approximate surface area is 126 Å². The van der Waals surface area contributed by atoms with Crippen molar-refractivity contribution in [3.63, 3.8) is 0 Å². The highest BCUT2D eigenvalue weighted by molar-refractivity contribution is 5.85. The van der Waals surface area contributed by atoms with Crippen molar-refractivity contribution < 1.29 is 4.42 Å². The molecule has 0 aliphatic carbocycles. The topological polar surface area (TPSA) is 28.4 Å². The van der Waals surface area contributed by atoms with Crippen LogP contribution in [0.25, 0.3) is 11.1 Å². The van der Waals surface area contributed by atoms with E-state index in [0.29, 0.717) is 0 Å². The largest absolute Gasteiger partial charge is 0.472 e. The van der Waals surface area contributed by atoms with E-state index < -0.39 is 0 Å². The fraction of sp³-hybridized carbons (Fsp3) is 0.444. The van der Waals surface area contributed by atoms with Crippen molar-refractivity contribution in [1.29, 1.82) is 0 Å². The predicted molar refractivity (Wildman–Crippen MR) is 86.0 cm³/mol. The second-order valence-corrected chi connectivity index (χ2v) is 6.18. The van der Waals surface area contributed by atoms with Crippen LogP contribution in [0.1, 0.15) is 23.1 Å². The van der Waals surface area contributed by atoms with Gasteiger partial charge < -0.3 is 14.6 Å². The van der Waals surface area contributed by atoms with Crippen molar-refractivity contribution in [2.24, 2.45) is 0 Å². The van der Waals surface area contributed by atoms with E-state index in [-0.39, 0.29) is 0 Å². The van der Waals surface area contributed by atoms with E-state index in [9.17, 15) is 0 Å². The monoisotopic (exact) mass is 282 g/mol. The number of furan rings is 1. The number of nitrogens with zero attached hydrogens (tertiary/aromatic N) is 1. The zero-order chi connectivity index (χ0) is 14.2. The van der Waals surface area contributed by atoms with Crippen LogP contribution >= 0.6 is 0 Å². The lowest BCUT2D eigenvalue weighted by molar-refractivity contribution is 0.568. The Kier molecular flexibility index (Phi) is 3.23. The van der Waals surface area contributed by atoms with Gasteiger partial charge in [0.25, 0.3) is 0 Å². The van der Waals surface area contributed by atoms with E-state index >= 15 is 0 Å². The van der Waals surface area contributed by atoms with Gasteiger partial charge in [-0.2, -0.15) is 0 Å². The molecule has 1 aromatic carbocycles. The molecular formula is C18H22N2O.